The normalized spacial score (nSPS) is 13.5. The van der Waals surface area contributed by atoms with Crippen molar-refractivity contribution in [2.24, 2.45) is 4.99 Å². The maximum atomic E-state index is 5.32. The minimum Gasteiger partial charge on any atom is -0.309 e. The molecule has 0 saturated heterocycles. The van der Waals surface area contributed by atoms with Gasteiger partial charge >= 0.3 is 0 Å². The number of aliphatic imine (C=N–C) groups is 1. The Morgan fingerprint density at radius 2 is 0.800 bits per heavy atom. The molecular weight excluding hydrogens is 667 g/mol. The Bertz CT molecular complexity index is 2980. The highest BCUT2D eigenvalue weighted by Crippen LogP contribution is 2.44. The van der Waals surface area contributed by atoms with Gasteiger partial charge in [0.05, 0.1) is 33.5 Å². The van der Waals surface area contributed by atoms with Crippen LogP contribution in [0.2, 0.25) is 0 Å². The molecule has 0 aliphatic carbocycles. The highest BCUT2D eigenvalue weighted by Gasteiger charge is 2.36. The molecule has 10 aromatic rings. The molecule has 1 aliphatic rings. The van der Waals surface area contributed by atoms with Crippen LogP contribution in [-0.2, 0) is 5.41 Å². The molecule has 0 spiro atoms. The molecule has 3 nitrogen and oxygen atoms in total. The van der Waals surface area contributed by atoms with E-state index in [1.54, 1.807) is 0 Å². The molecule has 55 heavy (non-hydrogen) atoms. The summed E-state index contributed by atoms with van der Waals surface area (Å²) in [6.45, 7) is 4.61. The first-order chi connectivity index (χ1) is 27.0. The molecule has 0 atom stereocenters. The average Bonchev–Trinajstić information content (AvgIpc) is 3.85. The zero-order chi connectivity index (χ0) is 36.7. The molecule has 2 aromatic heterocycles. The summed E-state index contributed by atoms with van der Waals surface area (Å²) in [5.74, 6) is 0. The van der Waals surface area contributed by atoms with Gasteiger partial charge in [-0.15, -0.1) is 0 Å². The van der Waals surface area contributed by atoms with Crippen molar-refractivity contribution >= 4 is 55.0 Å². The lowest BCUT2D eigenvalue weighted by molar-refractivity contribution is 0.737. The molecule has 0 radical (unpaired) electrons. The van der Waals surface area contributed by atoms with Crippen molar-refractivity contribution in [2.75, 3.05) is 0 Å². The summed E-state index contributed by atoms with van der Waals surface area (Å²) in [6.07, 6.45) is 0. The zero-order valence-electron chi connectivity index (χ0n) is 30.7. The van der Waals surface area contributed by atoms with Crippen LogP contribution in [0.4, 0.5) is 5.69 Å². The van der Waals surface area contributed by atoms with Crippen LogP contribution in [0.1, 0.15) is 25.0 Å². The Morgan fingerprint density at radius 1 is 0.364 bits per heavy atom. The van der Waals surface area contributed by atoms with E-state index in [2.05, 4.69) is 211 Å². The van der Waals surface area contributed by atoms with Crippen LogP contribution in [0, 0.1) is 0 Å². The van der Waals surface area contributed by atoms with Gasteiger partial charge in [-0.3, -0.25) is 4.99 Å². The number of fused-ring (bicyclic) bond motifs is 7. The molecule has 11 rings (SSSR count). The van der Waals surface area contributed by atoms with Gasteiger partial charge in [0.15, 0.2) is 0 Å². The van der Waals surface area contributed by atoms with Crippen molar-refractivity contribution in [3.63, 3.8) is 0 Å². The lowest BCUT2D eigenvalue weighted by Gasteiger charge is -2.23. The minimum atomic E-state index is -0.250. The van der Waals surface area contributed by atoms with Gasteiger partial charge in [-0.1, -0.05) is 129 Å². The molecule has 0 bridgehead atoms. The predicted molar refractivity (Wildman–Crippen MR) is 232 cm³/mol. The highest BCUT2D eigenvalue weighted by molar-refractivity contribution is 6.15. The summed E-state index contributed by atoms with van der Waals surface area (Å²) in [6, 6.07) is 68.5. The molecule has 0 saturated carbocycles. The Morgan fingerprint density at radius 3 is 1.33 bits per heavy atom. The zero-order valence-corrected chi connectivity index (χ0v) is 30.7. The van der Waals surface area contributed by atoms with Gasteiger partial charge in [0.1, 0.15) is 0 Å². The molecule has 0 amide bonds. The van der Waals surface area contributed by atoms with E-state index in [4.69, 9.17) is 4.99 Å². The van der Waals surface area contributed by atoms with E-state index in [1.807, 2.05) is 0 Å². The van der Waals surface area contributed by atoms with Crippen LogP contribution >= 0.6 is 0 Å². The van der Waals surface area contributed by atoms with Gasteiger partial charge in [-0.05, 0) is 106 Å². The quantitative estimate of drug-likeness (QED) is 0.170. The molecule has 0 unspecified atom stereocenters. The second-order valence-electron chi connectivity index (χ2n) is 15.2. The topological polar surface area (TPSA) is 22.2 Å². The van der Waals surface area contributed by atoms with Crippen molar-refractivity contribution in [3.8, 4) is 33.6 Å². The molecule has 0 fully saturated rings. The van der Waals surface area contributed by atoms with Gasteiger partial charge < -0.3 is 9.13 Å². The maximum absolute atomic E-state index is 5.32. The largest absolute Gasteiger partial charge is 0.309 e. The maximum Gasteiger partial charge on any atom is 0.0675 e. The third-order valence-electron chi connectivity index (χ3n) is 11.7. The Hall–Kier alpha value is -6.97. The Kier molecular flexibility index (Phi) is 6.90. The molecule has 0 N–H and O–H groups in total. The standard InChI is InChI=1S/C52H37N3/c1-52(2)45-21-11-12-22-46(45)53-51(52)38-30-36(34-25-27-43-41-19-9-13-23-47(41)54(49(43)32-34)39-15-5-3-6-16-39)29-37(31-38)35-26-28-44-42-20-10-14-24-48(42)55(50(44)33-35)40-17-7-4-8-18-40/h3-33H,1-2H3. The fourth-order valence-electron chi connectivity index (χ4n) is 9.02. The summed E-state index contributed by atoms with van der Waals surface area (Å²) < 4.78 is 4.80. The average molecular weight is 704 g/mol. The summed E-state index contributed by atoms with van der Waals surface area (Å²) in [4.78, 5) is 5.32. The van der Waals surface area contributed by atoms with Crippen LogP contribution in [0.25, 0.3) is 77.2 Å². The van der Waals surface area contributed by atoms with Crippen LogP contribution in [0.3, 0.4) is 0 Å². The third kappa shape index (κ3) is 4.86. The smallest absolute Gasteiger partial charge is 0.0675 e. The van der Waals surface area contributed by atoms with Crippen molar-refractivity contribution in [1.29, 1.82) is 0 Å². The van der Waals surface area contributed by atoms with E-state index < -0.39 is 0 Å². The predicted octanol–water partition coefficient (Wildman–Crippen LogP) is 13.6. The highest BCUT2D eigenvalue weighted by atomic mass is 15.0. The van der Waals surface area contributed by atoms with Crippen LogP contribution in [0.15, 0.2) is 193 Å². The SMILES string of the molecule is CC1(C)C(c2cc(-c3ccc4c5ccccc5n(-c5ccccc5)c4c3)cc(-c3ccc4c5ccccc5n(-c5ccccc5)c4c3)c2)=Nc2ccccc21. The van der Waals surface area contributed by atoms with Gasteiger partial charge in [0, 0.05) is 38.3 Å². The lowest BCUT2D eigenvalue weighted by Crippen LogP contribution is -2.26. The van der Waals surface area contributed by atoms with E-state index in [0.29, 0.717) is 0 Å². The summed E-state index contributed by atoms with van der Waals surface area (Å²) in [5.41, 5.74) is 16.1. The second kappa shape index (κ2) is 12.0. The summed E-state index contributed by atoms with van der Waals surface area (Å²) >= 11 is 0. The molecule has 3 heteroatoms. The van der Waals surface area contributed by atoms with E-state index >= 15 is 0 Å². The molecule has 260 valence electrons. The first-order valence-electron chi connectivity index (χ1n) is 19.1. The van der Waals surface area contributed by atoms with Crippen molar-refractivity contribution in [1.82, 2.24) is 9.13 Å². The number of aromatic nitrogens is 2. The van der Waals surface area contributed by atoms with Crippen molar-refractivity contribution < 1.29 is 0 Å². The van der Waals surface area contributed by atoms with Gasteiger partial charge in [0.25, 0.3) is 0 Å². The van der Waals surface area contributed by atoms with E-state index in [0.717, 1.165) is 39.5 Å². The number of para-hydroxylation sites is 5. The van der Waals surface area contributed by atoms with E-state index in [-0.39, 0.29) is 5.41 Å². The van der Waals surface area contributed by atoms with Crippen LogP contribution < -0.4 is 0 Å². The molecule has 3 heterocycles. The van der Waals surface area contributed by atoms with Crippen molar-refractivity contribution in [3.05, 3.63) is 199 Å². The van der Waals surface area contributed by atoms with Crippen molar-refractivity contribution in [2.45, 2.75) is 19.3 Å². The van der Waals surface area contributed by atoms with Crippen LogP contribution in [-0.4, -0.2) is 14.8 Å². The molecule has 8 aromatic carbocycles. The third-order valence-corrected chi connectivity index (χ3v) is 11.7. The fraction of sp³-hybridized carbons (Fsp3) is 0.0577. The number of nitrogens with zero attached hydrogens (tertiary/aromatic N) is 3. The second-order valence-corrected chi connectivity index (χ2v) is 15.2. The Balaban J connectivity index is 1.16. The summed E-state index contributed by atoms with van der Waals surface area (Å²) in [5, 5.41) is 5.00. The van der Waals surface area contributed by atoms with E-state index in [9.17, 15) is 0 Å². The monoisotopic (exact) mass is 703 g/mol. The number of rotatable bonds is 5. The number of benzene rings is 8. The van der Waals surface area contributed by atoms with Gasteiger partial charge in [0.2, 0.25) is 0 Å². The summed E-state index contributed by atoms with van der Waals surface area (Å²) in [7, 11) is 0. The lowest BCUT2D eigenvalue weighted by atomic mass is 9.78. The number of hydrogen-bond acceptors (Lipinski definition) is 1. The molecule has 1 aliphatic heterocycles. The minimum absolute atomic E-state index is 0.250. The Labute approximate surface area is 320 Å². The van der Waals surface area contributed by atoms with Crippen LogP contribution in [0.5, 0.6) is 0 Å². The first kappa shape index (κ1) is 31.5. The van der Waals surface area contributed by atoms with Gasteiger partial charge in [-0.2, -0.15) is 0 Å². The van der Waals surface area contributed by atoms with Gasteiger partial charge in [-0.25, -0.2) is 0 Å². The number of hydrogen-bond donors (Lipinski definition) is 0. The molecular formula is C52H37N3. The fourth-order valence-corrected chi connectivity index (χ4v) is 9.02. The van der Waals surface area contributed by atoms with E-state index in [1.165, 1.54) is 60.3 Å². The first-order valence-corrected chi connectivity index (χ1v) is 19.1.